The van der Waals surface area contributed by atoms with E-state index in [0.29, 0.717) is 19.4 Å². The first-order chi connectivity index (χ1) is 28.6. The van der Waals surface area contributed by atoms with Crippen molar-refractivity contribution >= 4 is 11.9 Å². The normalized spacial score (nSPS) is 12.4. The van der Waals surface area contributed by atoms with Crippen molar-refractivity contribution in [2.45, 2.75) is 271 Å². The highest BCUT2D eigenvalue weighted by molar-refractivity contribution is 5.70. The molecule has 0 amide bonds. The molecule has 1 unspecified atom stereocenters. The first-order valence-electron chi connectivity index (χ1n) is 25.5. The Labute approximate surface area is 361 Å². The Hall–Kier alpha value is -1.88. The van der Waals surface area contributed by atoms with Gasteiger partial charge in [0.05, 0.1) is 6.61 Å². The molecule has 0 rings (SSSR count). The molecule has 0 bridgehead atoms. The van der Waals surface area contributed by atoms with Crippen LogP contribution in [-0.2, 0) is 23.8 Å². The molecule has 58 heavy (non-hydrogen) atoms. The highest BCUT2D eigenvalue weighted by Gasteiger charge is 2.17. The second-order valence-electron chi connectivity index (χ2n) is 17.1. The Kier molecular flexibility index (Phi) is 47.9. The molecule has 0 aromatic rings. The second kappa shape index (κ2) is 49.5. The average Bonchev–Trinajstić information content (AvgIpc) is 3.22. The van der Waals surface area contributed by atoms with E-state index in [9.17, 15) is 9.59 Å². The van der Waals surface area contributed by atoms with Gasteiger partial charge in [-0.25, -0.2) is 0 Å². The molecule has 0 saturated carbocycles. The van der Waals surface area contributed by atoms with E-state index in [-0.39, 0.29) is 25.2 Å². The highest BCUT2D eigenvalue weighted by Crippen LogP contribution is 2.16. The minimum Gasteiger partial charge on any atom is -0.462 e. The maximum Gasteiger partial charge on any atom is 0.306 e. The number of carbonyl (C=O) groups excluding carboxylic acids is 2. The van der Waals surface area contributed by atoms with Crippen LogP contribution in [-0.4, -0.2) is 37.9 Å². The monoisotopic (exact) mass is 815 g/mol. The summed E-state index contributed by atoms with van der Waals surface area (Å²) in [6.45, 7) is 7.72. The van der Waals surface area contributed by atoms with Gasteiger partial charge in [0.15, 0.2) is 6.10 Å². The smallest absolute Gasteiger partial charge is 0.306 e. The Balaban J connectivity index is 4.21. The number of esters is 2. The van der Waals surface area contributed by atoms with Crippen molar-refractivity contribution < 1.29 is 23.8 Å². The number of rotatable bonds is 47. The number of carbonyl (C=O) groups is 2. The summed E-state index contributed by atoms with van der Waals surface area (Å²) in [4.78, 5) is 25.3. The standard InChI is InChI=1S/C53H98O5/c1-4-7-10-13-16-19-22-24-25-26-27-28-30-33-36-39-42-45-48-56-49-51(58-53(55)47-44-41-38-35-31-21-18-15-12-9-6-3)50-57-52(54)46-43-40-37-34-32-29-23-20-17-14-11-8-5-2/h8,11,17,20,29,32,51H,4-7,9-10,12-16,18-19,21-28,30-31,33-50H2,1-3H3/b11-8-,20-17-,32-29-. The third-order valence-corrected chi connectivity index (χ3v) is 11.2. The lowest BCUT2D eigenvalue weighted by Crippen LogP contribution is -2.30. The van der Waals surface area contributed by atoms with Gasteiger partial charge in [0.25, 0.3) is 0 Å². The summed E-state index contributed by atoms with van der Waals surface area (Å²) in [7, 11) is 0. The molecule has 5 heteroatoms. The zero-order chi connectivity index (χ0) is 42.1. The Morgan fingerprint density at radius 2 is 0.776 bits per heavy atom. The van der Waals surface area contributed by atoms with Crippen LogP contribution in [0.1, 0.15) is 265 Å². The summed E-state index contributed by atoms with van der Waals surface area (Å²) in [5.41, 5.74) is 0. The van der Waals surface area contributed by atoms with Crippen LogP contribution in [0.4, 0.5) is 0 Å². The molecule has 0 N–H and O–H groups in total. The van der Waals surface area contributed by atoms with Gasteiger partial charge in [0, 0.05) is 19.4 Å². The molecule has 1 atom stereocenters. The van der Waals surface area contributed by atoms with Gasteiger partial charge >= 0.3 is 11.9 Å². The van der Waals surface area contributed by atoms with Gasteiger partial charge in [-0.3, -0.25) is 9.59 Å². The van der Waals surface area contributed by atoms with Crippen LogP contribution < -0.4 is 0 Å². The lowest BCUT2D eigenvalue weighted by Gasteiger charge is -2.18. The Morgan fingerprint density at radius 3 is 1.24 bits per heavy atom. The van der Waals surface area contributed by atoms with Crippen LogP contribution in [0, 0.1) is 0 Å². The minimum absolute atomic E-state index is 0.0758. The van der Waals surface area contributed by atoms with E-state index in [2.05, 4.69) is 57.2 Å². The number of unbranched alkanes of at least 4 members (excludes halogenated alkanes) is 30. The van der Waals surface area contributed by atoms with Crippen LogP contribution in [0.25, 0.3) is 0 Å². The predicted molar refractivity (Wildman–Crippen MR) is 252 cm³/mol. The summed E-state index contributed by atoms with van der Waals surface area (Å²) < 4.78 is 17.4. The fraction of sp³-hybridized carbons (Fsp3) is 0.849. The zero-order valence-electron chi connectivity index (χ0n) is 39.1. The van der Waals surface area contributed by atoms with Gasteiger partial charge < -0.3 is 14.2 Å². The molecule has 0 aliphatic heterocycles. The summed E-state index contributed by atoms with van der Waals surface area (Å²) in [6.07, 6.45) is 58.7. The van der Waals surface area contributed by atoms with Crippen molar-refractivity contribution in [2.24, 2.45) is 0 Å². The number of allylic oxidation sites excluding steroid dienone is 6. The van der Waals surface area contributed by atoms with E-state index in [4.69, 9.17) is 14.2 Å². The number of ether oxygens (including phenoxy) is 3. The summed E-state index contributed by atoms with van der Waals surface area (Å²) in [5.74, 6) is -0.418. The van der Waals surface area contributed by atoms with E-state index >= 15 is 0 Å². The Morgan fingerprint density at radius 1 is 0.397 bits per heavy atom. The molecule has 0 fully saturated rings. The fourth-order valence-electron chi connectivity index (χ4n) is 7.41. The molecule has 5 nitrogen and oxygen atoms in total. The van der Waals surface area contributed by atoms with E-state index in [1.165, 1.54) is 167 Å². The van der Waals surface area contributed by atoms with Crippen molar-refractivity contribution in [1.29, 1.82) is 0 Å². The van der Waals surface area contributed by atoms with Crippen molar-refractivity contribution in [2.75, 3.05) is 19.8 Å². The molecule has 0 aliphatic carbocycles. The van der Waals surface area contributed by atoms with Gasteiger partial charge in [0.1, 0.15) is 6.61 Å². The van der Waals surface area contributed by atoms with Gasteiger partial charge in [-0.2, -0.15) is 0 Å². The summed E-state index contributed by atoms with van der Waals surface area (Å²) in [6, 6.07) is 0. The van der Waals surface area contributed by atoms with Crippen LogP contribution in [0.3, 0.4) is 0 Å². The molecule has 0 radical (unpaired) electrons. The van der Waals surface area contributed by atoms with Crippen molar-refractivity contribution in [3.8, 4) is 0 Å². The molecule has 0 aliphatic rings. The maximum absolute atomic E-state index is 12.7. The molecule has 0 aromatic heterocycles. The second-order valence-corrected chi connectivity index (χ2v) is 17.1. The molecular weight excluding hydrogens is 717 g/mol. The molecule has 0 heterocycles. The van der Waals surface area contributed by atoms with Crippen LogP contribution in [0.2, 0.25) is 0 Å². The third kappa shape index (κ3) is 46.8. The summed E-state index contributed by atoms with van der Waals surface area (Å²) >= 11 is 0. The van der Waals surface area contributed by atoms with E-state index < -0.39 is 6.10 Å². The topological polar surface area (TPSA) is 61.8 Å². The molecule has 0 spiro atoms. The zero-order valence-corrected chi connectivity index (χ0v) is 39.1. The Bertz CT molecular complexity index is 924. The quantitative estimate of drug-likeness (QED) is 0.0348. The fourth-order valence-corrected chi connectivity index (χ4v) is 7.41. The number of hydrogen-bond donors (Lipinski definition) is 0. The molecule has 0 saturated heterocycles. The van der Waals surface area contributed by atoms with E-state index in [1.54, 1.807) is 0 Å². The lowest BCUT2D eigenvalue weighted by molar-refractivity contribution is -0.163. The van der Waals surface area contributed by atoms with Crippen molar-refractivity contribution in [3.05, 3.63) is 36.5 Å². The predicted octanol–water partition coefficient (Wildman–Crippen LogP) is 17.0. The van der Waals surface area contributed by atoms with Crippen molar-refractivity contribution in [1.82, 2.24) is 0 Å². The van der Waals surface area contributed by atoms with Crippen LogP contribution in [0.15, 0.2) is 36.5 Å². The molecular formula is C53H98O5. The number of hydrogen-bond acceptors (Lipinski definition) is 5. The minimum atomic E-state index is -0.540. The molecule has 340 valence electrons. The van der Waals surface area contributed by atoms with Gasteiger partial charge in [0.2, 0.25) is 0 Å². The van der Waals surface area contributed by atoms with Gasteiger partial charge in [-0.05, 0) is 51.4 Å². The van der Waals surface area contributed by atoms with Gasteiger partial charge in [-0.1, -0.05) is 237 Å². The van der Waals surface area contributed by atoms with E-state index in [0.717, 1.165) is 64.2 Å². The van der Waals surface area contributed by atoms with E-state index in [1.807, 2.05) is 0 Å². The summed E-state index contributed by atoms with van der Waals surface area (Å²) in [5, 5.41) is 0. The highest BCUT2D eigenvalue weighted by atomic mass is 16.6. The first kappa shape index (κ1) is 56.1. The average molecular weight is 815 g/mol. The third-order valence-electron chi connectivity index (χ3n) is 11.2. The van der Waals surface area contributed by atoms with Crippen molar-refractivity contribution in [3.63, 3.8) is 0 Å². The first-order valence-corrected chi connectivity index (χ1v) is 25.5. The largest absolute Gasteiger partial charge is 0.462 e. The maximum atomic E-state index is 12.7. The molecule has 0 aromatic carbocycles. The van der Waals surface area contributed by atoms with Gasteiger partial charge in [-0.15, -0.1) is 0 Å². The van der Waals surface area contributed by atoms with Crippen LogP contribution in [0.5, 0.6) is 0 Å². The lowest BCUT2D eigenvalue weighted by atomic mass is 10.0. The SMILES string of the molecule is CC/C=C\C/C=C\C/C=C\CCCCCC(=O)OCC(COCCCCCCCCCCCCCCCCCCCC)OC(=O)CCCCCCCCCCCCC. The van der Waals surface area contributed by atoms with Crippen LogP contribution >= 0.6 is 0 Å².